The van der Waals surface area contributed by atoms with Crippen molar-refractivity contribution in [2.75, 3.05) is 12.4 Å². The van der Waals surface area contributed by atoms with Gasteiger partial charge in [-0.1, -0.05) is 23.7 Å². The molecule has 0 aliphatic rings. The van der Waals surface area contributed by atoms with E-state index in [2.05, 4.69) is 36.3 Å². The number of aromatic nitrogens is 2. The number of amides is 1. The number of carbonyl (C=O) groups excluding carboxylic acids is 2. The molecule has 0 saturated carbocycles. The molecule has 1 N–H and O–H groups in total. The number of ether oxygens (including phenoxy) is 1. The Morgan fingerprint density at radius 3 is 2.47 bits per heavy atom. The van der Waals surface area contributed by atoms with Crippen LogP contribution in [0.4, 0.5) is 5.13 Å². The number of benzene rings is 3. The molecule has 0 spiro atoms. The lowest BCUT2D eigenvalue weighted by molar-refractivity contribution is -0.115. The molecule has 2 aromatic heterocycles. The summed E-state index contributed by atoms with van der Waals surface area (Å²) < 4.78 is 7.07. The minimum absolute atomic E-state index is 0.0783. The van der Waals surface area contributed by atoms with Gasteiger partial charge in [0.2, 0.25) is 5.91 Å². The minimum atomic E-state index is -0.213. The van der Waals surface area contributed by atoms with Crippen molar-refractivity contribution in [3.8, 4) is 17.0 Å². The number of carbonyl (C=O) groups is 2. The summed E-state index contributed by atoms with van der Waals surface area (Å²) >= 11 is 7.40. The van der Waals surface area contributed by atoms with Gasteiger partial charge in [0.25, 0.3) is 5.91 Å². The van der Waals surface area contributed by atoms with Gasteiger partial charge in [0.05, 0.1) is 24.7 Å². The third-order valence-corrected chi connectivity index (χ3v) is 7.74. The van der Waals surface area contributed by atoms with E-state index in [0.717, 1.165) is 22.2 Å². The van der Waals surface area contributed by atoms with Gasteiger partial charge in [0, 0.05) is 32.6 Å². The van der Waals surface area contributed by atoms with Crippen molar-refractivity contribution in [2.45, 2.75) is 27.2 Å². The quantitative estimate of drug-likeness (QED) is 0.245. The van der Waals surface area contributed by atoms with Crippen molar-refractivity contribution in [1.29, 1.82) is 0 Å². The Bertz CT molecular complexity index is 1690. The van der Waals surface area contributed by atoms with Crippen molar-refractivity contribution in [1.82, 2.24) is 9.55 Å². The number of nitrogens with one attached hydrogen (secondary N) is 1. The predicted octanol–water partition coefficient (Wildman–Crippen LogP) is 7.22. The second-order valence-corrected chi connectivity index (χ2v) is 10.5. The Kier molecular flexibility index (Phi) is 7.06. The van der Waals surface area contributed by atoms with E-state index < -0.39 is 0 Å². The summed E-state index contributed by atoms with van der Waals surface area (Å²) in [5.74, 6) is 0.238. The van der Waals surface area contributed by atoms with Crippen molar-refractivity contribution in [3.05, 3.63) is 99.0 Å². The molecule has 0 aliphatic heterocycles. The average molecular weight is 544 g/mol. The Morgan fingerprint density at radius 1 is 1.00 bits per heavy atom. The van der Waals surface area contributed by atoms with Gasteiger partial charge in [-0.15, -0.1) is 11.3 Å². The summed E-state index contributed by atoms with van der Waals surface area (Å²) in [4.78, 5) is 31.3. The summed E-state index contributed by atoms with van der Waals surface area (Å²) in [5, 5.41) is 6.74. The Balaban J connectivity index is 1.45. The fourth-order valence-corrected chi connectivity index (χ4v) is 5.35. The fraction of sp³-hybridized carbons (Fsp3) is 0.167. The third kappa shape index (κ3) is 4.95. The van der Waals surface area contributed by atoms with Gasteiger partial charge >= 0.3 is 0 Å². The maximum Gasteiger partial charge on any atom is 0.262 e. The maximum atomic E-state index is 13.5. The zero-order valence-corrected chi connectivity index (χ0v) is 23.0. The number of hydrogen-bond donors (Lipinski definition) is 1. The second-order valence-electron chi connectivity index (χ2n) is 9.16. The smallest absolute Gasteiger partial charge is 0.262 e. The highest BCUT2D eigenvalue weighted by molar-refractivity contribution is 7.14. The molecule has 0 radical (unpaired) electrons. The Hall–Kier alpha value is -3.94. The SMILES string of the molecule is COc1ccc2c(c1)c(CC(=O)Nc1nc(-c3ccc(C)c(C)c3)cs1)c(C)n2C(=O)c1ccc(Cl)cc1. The van der Waals surface area contributed by atoms with Gasteiger partial charge in [-0.2, -0.15) is 0 Å². The van der Waals surface area contributed by atoms with Crippen LogP contribution in [0.5, 0.6) is 5.75 Å². The molecule has 192 valence electrons. The number of thiazole rings is 1. The molecule has 5 rings (SSSR count). The van der Waals surface area contributed by atoms with Crippen LogP contribution in [0.25, 0.3) is 22.2 Å². The summed E-state index contributed by atoms with van der Waals surface area (Å²) in [5.41, 5.74) is 6.90. The van der Waals surface area contributed by atoms with Crippen LogP contribution < -0.4 is 10.1 Å². The van der Waals surface area contributed by atoms with E-state index in [0.29, 0.717) is 32.7 Å². The monoisotopic (exact) mass is 543 g/mol. The van der Waals surface area contributed by atoms with Crippen LogP contribution in [0.2, 0.25) is 5.02 Å². The number of hydrogen-bond acceptors (Lipinski definition) is 5. The summed E-state index contributed by atoms with van der Waals surface area (Å²) in [6.07, 6.45) is 0.0783. The Morgan fingerprint density at radius 2 is 1.76 bits per heavy atom. The van der Waals surface area contributed by atoms with Crippen LogP contribution in [0.3, 0.4) is 0 Å². The van der Waals surface area contributed by atoms with E-state index in [1.807, 2.05) is 30.5 Å². The van der Waals surface area contributed by atoms with Gasteiger partial charge in [-0.25, -0.2) is 4.98 Å². The van der Waals surface area contributed by atoms with Crippen LogP contribution in [0.15, 0.2) is 66.0 Å². The van der Waals surface area contributed by atoms with E-state index in [4.69, 9.17) is 16.3 Å². The standard InChI is InChI=1S/C30H26ClN3O3S/c1-17-5-6-21(13-18(17)2)26-16-38-30(32-26)33-28(35)15-24-19(3)34(27-12-11-23(37-4)14-25(24)27)29(36)20-7-9-22(31)10-8-20/h5-14,16H,15H2,1-4H3,(H,32,33,35). The highest BCUT2D eigenvalue weighted by Gasteiger charge is 2.22. The first kappa shape index (κ1) is 25.7. The van der Waals surface area contributed by atoms with E-state index in [1.54, 1.807) is 42.0 Å². The third-order valence-electron chi connectivity index (χ3n) is 6.73. The van der Waals surface area contributed by atoms with E-state index in [9.17, 15) is 9.59 Å². The van der Waals surface area contributed by atoms with Crippen molar-refractivity contribution in [2.24, 2.45) is 0 Å². The van der Waals surface area contributed by atoms with Gasteiger partial charge in [0.1, 0.15) is 5.75 Å². The average Bonchev–Trinajstić information content (AvgIpc) is 3.47. The van der Waals surface area contributed by atoms with Crippen LogP contribution >= 0.6 is 22.9 Å². The molecule has 0 bridgehead atoms. The summed E-state index contributed by atoms with van der Waals surface area (Å²) in [6, 6.07) is 18.5. The molecule has 5 aromatic rings. The number of fused-ring (bicyclic) bond motifs is 1. The zero-order chi connectivity index (χ0) is 27.0. The van der Waals surface area contributed by atoms with Crippen molar-refractivity contribution >= 4 is 50.8 Å². The van der Waals surface area contributed by atoms with Crippen LogP contribution in [-0.4, -0.2) is 28.5 Å². The molecular weight excluding hydrogens is 518 g/mol. The molecule has 3 aromatic carbocycles. The van der Waals surface area contributed by atoms with E-state index >= 15 is 0 Å². The van der Waals surface area contributed by atoms with E-state index in [1.165, 1.54) is 22.5 Å². The predicted molar refractivity (Wildman–Crippen MR) is 154 cm³/mol. The molecule has 6 nitrogen and oxygen atoms in total. The zero-order valence-electron chi connectivity index (χ0n) is 21.5. The molecule has 0 aliphatic carbocycles. The molecular formula is C30H26ClN3O3S. The molecule has 2 heterocycles. The first-order valence-electron chi connectivity index (χ1n) is 12.1. The highest BCUT2D eigenvalue weighted by atomic mass is 35.5. The molecule has 38 heavy (non-hydrogen) atoms. The largest absolute Gasteiger partial charge is 0.497 e. The minimum Gasteiger partial charge on any atom is -0.497 e. The first-order chi connectivity index (χ1) is 18.2. The lowest BCUT2D eigenvalue weighted by Crippen LogP contribution is -2.16. The van der Waals surface area contributed by atoms with Crippen molar-refractivity contribution in [3.63, 3.8) is 0 Å². The summed E-state index contributed by atoms with van der Waals surface area (Å²) in [7, 11) is 1.59. The number of methoxy groups -OCH3 is 1. The fourth-order valence-electron chi connectivity index (χ4n) is 4.48. The number of halogens is 1. The van der Waals surface area contributed by atoms with Gasteiger partial charge in [-0.05, 0) is 86.0 Å². The molecule has 0 atom stereocenters. The van der Waals surface area contributed by atoms with Crippen molar-refractivity contribution < 1.29 is 14.3 Å². The number of rotatable bonds is 6. The van der Waals surface area contributed by atoms with Gasteiger partial charge in [0.15, 0.2) is 5.13 Å². The maximum absolute atomic E-state index is 13.5. The first-order valence-corrected chi connectivity index (χ1v) is 13.3. The highest BCUT2D eigenvalue weighted by Crippen LogP contribution is 2.32. The van der Waals surface area contributed by atoms with Crippen LogP contribution in [-0.2, 0) is 11.2 Å². The lowest BCUT2D eigenvalue weighted by atomic mass is 10.1. The van der Waals surface area contributed by atoms with E-state index in [-0.39, 0.29) is 18.2 Å². The number of anilines is 1. The molecule has 8 heteroatoms. The van der Waals surface area contributed by atoms with Gasteiger partial charge < -0.3 is 10.1 Å². The normalized spacial score (nSPS) is 11.1. The Labute approximate surface area is 229 Å². The van der Waals surface area contributed by atoms with Crippen LogP contribution in [0.1, 0.15) is 32.7 Å². The lowest BCUT2D eigenvalue weighted by Gasteiger charge is -2.08. The molecule has 1 amide bonds. The molecule has 0 unspecified atom stereocenters. The number of nitrogens with zero attached hydrogens (tertiary/aromatic N) is 2. The summed E-state index contributed by atoms with van der Waals surface area (Å²) in [6.45, 7) is 5.99. The molecule has 0 fully saturated rings. The molecule has 0 saturated heterocycles. The van der Waals surface area contributed by atoms with Crippen LogP contribution in [0, 0.1) is 20.8 Å². The second kappa shape index (κ2) is 10.4. The van der Waals surface area contributed by atoms with Gasteiger partial charge in [-0.3, -0.25) is 14.2 Å². The number of aryl methyl sites for hydroxylation is 2. The topological polar surface area (TPSA) is 73.2 Å².